The third-order valence-electron chi connectivity index (χ3n) is 4.51. The van der Waals surface area contributed by atoms with E-state index in [4.69, 9.17) is 0 Å². The van der Waals surface area contributed by atoms with Crippen molar-refractivity contribution in [3.8, 4) is 0 Å². The molecule has 0 spiro atoms. The Labute approximate surface area is 161 Å². The molecule has 2 aromatic heterocycles. The molecule has 28 heavy (non-hydrogen) atoms. The maximum atomic E-state index is 12.7. The molecule has 0 bridgehead atoms. The minimum atomic E-state index is -0.266. The van der Waals surface area contributed by atoms with Gasteiger partial charge >= 0.3 is 0 Å². The van der Waals surface area contributed by atoms with Crippen LogP contribution in [0, 0.1) is 0 Å². The number of nitrogens with one attached hydrogen (secondary N) is 1. The van der Waals surface area contributed by atoms with E-state index in [0.29, 0.717) is 17.4 Å². The quantitative estimate of drug-likeness (QED) is 0.561. The molecule has 2 heterocycles. The second kappa shape index (κ2) is 7.87. The molecule has 0 aliphatic heterocycles. The lowest BCUT2D eigenvalue weighted by Crippen LogP contribution is -2.36. The molecule has 4 rings (SSSR count). The van der Waals surface area contributed by atoms with Gasteiger partial charge in [0.1, 0.15) is 6.54 Å². The Morgan fingerprint density at radius 2 is 1.82 bits per heavy atom. The van der Waals surface area contributed by atoms with Gasteiger partial charge in [0.15, 0.2) is 0 Å². The van der Waals surface area contributed by atoms with E-state index in [0.717, 1.165) is 5.56 Å². The highest BCUT2D eigenvalue weighted by Crippen LogP contribution is 2.15. The number of hydrogen-bond donors (Lipinski definition) is 1. The fourth-order valence-corrected chi connectivity index (χ4v) is 3.13. The number of carbonyl (C=O) groups is 1. The van der Waals surface area contributed by atoms with Gasteiger partial charge in [0, 0.05) is 12.4 Å². The van der Waals surface area contributed by atoms with Gasteiger partial charge < -0.3 is 5.32 Å². The average molecular weight is 373 g/mol. The highest BCUT2D eigenvalue weighted by atomic mass is 16.2. The smallest absolute Gasteiger partial charge is 0.261 e. The van der Waals surface area contributed by atoms with Crippen LogP contribution in [0.1, 0.15) is 11.6 Å². The molecule has 1 N–H and O–H groups in total. The molecule has 4 aromatic rings. The van der Waals surface area contributed by atoms with Crippen molar-refractivity contribution in [2.24, 2.45) is 0 Å². The van der Waals surface area contributed by atoms with E-state index < -0.39 is 0 Å². The van der Waals surface area contributed by atoms with Gasteiger partial charge in [0.25, 0.3) is 5.56 Å². The van der Waals surface area contributed by atoms with Crippen LogP contribution in [-0.2, 0) is 17.9 Å². The largest absolute Gasteiger partial charge is 0.346 e. The molecule has 7 nitrogen and oxygen atoms in total. The fraction of sp³-hybridized carbons (Fsp3) is 0.143. The Hall–Kier alpha value is -3.74. The van der Waals surface area contributed by atoms with E-state index in [1.807, 2.05) is 48.7 Å². The van der Waals surface area contributed by atoms with Gasteiger partial charge in [-0.25, -0.2) is 4.98 Å². The summed E-state index contributed by atoms with van der Waals surface area (Å²) in [5.74, 6) is -0.264. The number of fused-ring (bicyclic) bond motifs is 1. The standard InChI is InChI=1S/C21H19N5O2/c27-20(14-25-15-22-18-10-5-4-9-17(18)21(25)28)24-19(13-26-12-6-11-23-26)16-7-2-1-3-8-16/h1-12,15,19H,13-14H2,(H,24,27)/t19-/m0/s1. The summed E-state index contributed by atoms with van der Waals surface area (Å²) in [7, 11) is 0. The SMILES string of the molecule is O=C(Cn1cnc2ccccc2c1=O)N[C@@H](Cn1cccn1)c1ccccc1. The van der Waals surface area contributed by atoms with E-state index in [9.17, 15) is 9.59 Å². The number of aromatic nitrogens is 4. The first-order chi connectivity index (χ1) is 13.7. The van der Waals surface area contributed by atoms with Crippen LogP contribution in [0.25, 0.3) is 10.9 Å². The molecular weight excluding hydrogens is 354 g/mol. The number of hydrogen-bond acceptors (Lipinski definition) is 4. The van der Waals surface area contributed by atoms with E-state index >= 15 is 0 Å². The molecule has 0 unspecified atom stereocenters. The van der Waals surface area contributed by atoms with Gasteiger partial charge in [0.2, 0.25) is 5.91 Å². The van der Waals surface area contributed by atoms with Gasteiger partial charge in [-0.15, -0.1) is 0 Å². The van der Waals surface area contributed by atoms with Crippen LogP contribution in [0.5, 0.6) is 0 Å². The molecule has 0 saturated heterocycles. The summed E-state index contributed by atoms with van der Waals surface area (Å²) in [5, 5.41) is 7.72. The van der Waals surface area contributed by atoms with Crippen molar-refractivity contribution < 1.29 is 4.79 Å². The van der Waals surface area contributed by atoms with E-state index in [1.165, 1.54) is 10.9 Å². The topological polar surface area (TPSA) is 81.8 Å². The summed E-state index contributed by atoms with van der Waals surface area (Å²) in [6.45, 7) is 0.396. The van der Waals surface area contributed by atoms with Gasteiger partial charge in [-0.1, -0.05) is 42.5 Å². The Kier molecular flexibility index (Phi) is 4.97. The molecule has 0 aliphatic carbocycles. The van der Waals surface area contributed by atoms with Gasteiger partial charge in [-0.3, -0.25) is 18.8 Å². The van der Waals surface area contributed by atoms with Crippen molar-refractivity contribution in [2.45, 2.75) is 19.1 Å². The molecule has 1 amide bonds. The first-order valence-electron chi connectivity index (χ1n) is 8.96. The summed E-state index contributed by atoms with van der Waals surface area (Å²) >= 11 is 0. The monoisotopic (exact) mass is 373 g/mol. The molecule has 1 atom stereocenters. The van der Waals surface area contributed by atoms with Crippen LogP contribution < -0.4 is 10.9 Å². The third-order valence-corrected chi connectivity index (χ3v) is 4.51. The predicted octanol–water partition coefficient (Wildman–Crippen LogP) is 2.15. The molecule has 140 valence electrons. The number of benzene rings is 2. The van der Waals surface area contributed by atoms with Gasteiger partial charge in [-0.2, -0.15) is 5.10 Å². The lowest BCUT2D eigenvalue weighted by atomic mass is 10.1. The van der Waals surface area contributed by atoms with Crippen molar-refractivity contribution in [1.82, 2.24) is 24.6 Å². The Bertz CT molecular complexity index is 1140. The highest BCUT2D eigenvalue weighted by molar-refractivity contribution is 5.79. The van der Waals surface area contributed by atoms with Crippen molar-refractivity contribution in [1.29, 1.82) is 0 Å². The minimum Gasteiger partial charge on any atom is -0.346 e. The minimum absolute atomic E-state index is 0.0981. The molecule has 0 saturated carbocycles. The molecule has 0 fully saturated rings. The molecule has 7 heteroatoms. The van der Waals surface area contributed by atoms with Crippen LogP contribution in [-0.4, -0.2) is 25.2 Å². The van der Waals surface area contributed by atoms with Crippen LogP contribution >= 0.6 is 0 Å². The second-order valence-electron chi connectivity index (χ2n) is 6.45. The molecule has 0 radical (unpaired) electrons. The molecule has 2 aromatic carbocycles. The number of carbonyl (C=O) groups excluding carboxylic acids is 1. The number of para-hydroxylation sites is 1. The zero-order valence-corrected chi connectivity index (χ0v) is 15.1. The number of rotatable bonds is 6. The fourth-order valence-electron chi connectivity index (χ4n) is 3.13. The molecular formula is C21H19N5O2. The Balaban J connectivity index is 1.55. The molecule has 0 aliphatic rings. The normalized spacial score (nSPS) is 12.0. The van der Waals surface area contributed by atoms with Crippen molar-refractivity contribution in [3.63, 3.8) is 0 Å². The summed E-state index contributed by atoms with van der Waals surface area (Å²) in [5.41, 5.74) is 1.35. The van der Waals surface area contributed by atoms with E-state index in [1.54, 1.807) is 29.1 Å². The number of nitrogens with zero attached hydrogens (tertiary/aromatic N) is 4. The lowest BCUT2D eigenvalue weighted by Gasteiger charge is -2.20. The predicted molar refractivity (Wildman–Crippen MR) is 106 cm³/mol. The van der Waals surface area contributed by atoms with Crippen molar-refractivity contribution in [3.05, 3.63) is 95.3 Å². The maximum absolute atomic E-state index is 12.7. The van der Waals surface area contributed by atoms with Crippen LogP contribution in [0.4, 0.5) is 0 Å². The van der Waals surface area contributed by atoms with Crippen LogP contribution in [0.2, 0.25) is 0 Å². The van der Waals surface area contributed by atoms with Crippen molar-refractivity contribution >= 4 is 16.8 Å². The average Bonchev–Trinajstić information content (AvgIpc) is 3.24. The van der Waals surface area contributed by atoms with E-state index in [-0.39, 0.29) is 24.1 Å². The summed E-state index contributed by atoms with van der Waals surface area (Å²) in [6.07, 6.45) is 4.96. The third kappa shape index (κ3) is 3.83. The zero-order chi connectivity index (χ0) is 19.3. The Morgan fingerprint density at radius 3 is 2.61 bits per heavy atom. The number of amides is 1. The summed E-state index contributed by atoms with van der Waals surface area (Å²) in [6, 6.07) is 18.4. The van der Waals surface area contributed by atoms with E-state index in [2.05, 4.69) is 15.4 Å². The van der Waals surface area contributed by atoms with Crippen molar-refractivity contribution in [2.75, 3.05) is 0 Å². The first-order valence-corrected chi connectivity index (χ1v) is 8.96. The van der Waals surface area contributed by atoms with Crippen LogP contribution in [0.15, 0.2) is 84.2 Å². The zero-order valence-electron chi connectivity index (χ0n) is 15.1. The van der Waals surface area contributed by atoms with Gasteiger partial charge in [-0.05, 0) is 23.8 Å². The summed E-state index contributed by atoms with van der Waals surface area (Å²) in [4.78, 5) is 29.6. The first kappa shape index (κ1) is 17.7. The maximum Gasteiger partial charge on any atom is 0.261 e. The van der Waals surface area contributed by atoms with Crippen LogP contribution in [0.3, 0.4) is 0 Å². The highest BCUT2D eigenvalue weighted by Gasteiger charge is 2.16. The summed E-state index contributed by atoms with van der Waals surface area (Å²) < 4.78 is 3.09. The second-order valence-corrected chi connectivity index (χ2v) is 6.45. The Morgan fingerprint density at radius 1 is 1.04 bits per heavy atom. The lowest BCUT2D eigenvalue weighted by molar-refractivity contribution is -0.122. The van der Waals surface area contributed by atoms with Gasteiger partial charge in [0.05, 0.1) is 29.8 Å².